The highest BCUT2D eigenvalue weighted by Gasteiger charge is 2.10. The van der Waals surface area contributed by atoms with Crippen molar-refractivity contribution >= 4 is 22.3 Å². The summed E-state index contributed by atoms with van der Waals surface area (Å²) in [6, 6.07) is 10.1. The van der Waals surface area contributed by atoms with E-state index in [1.165, 1.54) is 16.9 Å². The van der Waals surface area contributed by atoms with Crippen LogP contribution in [-0.2, 0) is 17.6 Å². The Morgan fingerprint density at radius 1 is 1.32 bits per heavy atom. The van der Waals surface area contributed by atoms with Crippen molar-refractivity contribution in [1.82, 2.24) is 14.6 Å². The summed E-state index contributed by atoms with van der Waals surface area (Å²) >= 11 is 1.49. The SMILES string of the molecule is O=C(O)Cc1cn2nc(Cc3ccccc3)sc2n1. The first kappa shape index (κ1) is 11.9. The number of fused-ring (bicyclic) bond motifs is 1. The highest BCUT2D eigenvalue weighted by atomic mass is 32.1. The fourth-order valence-corrected chi connectivity index (χ4v) is 2.80. The van der Waals surface area contributed by atoms with Gasteiger partial charge >= 0.3 is 5.97 Å². The number of rotatable bonds is 4. The fourth-order valence-electron chi connectivity index (χ4n) is 1.87. The van der Waals surface area contributed by atoms with Gasteiger partial charge in [-0.2, -0.15) is 5.10 Å². The molecule has 3 rings (SSSR count). The fraction of sp³-hybridized carbons (Fsp3) is 0.154. The largest absolute Gasteiger partial charge is 0.481 e. The zero-order valence-corrected chi connectivity index (χ0v) is 10.8. The zero-order valence-electron chi connectivity index (χ0n) is 9.98. The van der Waals surface area contributed by atoms with Crippen LogP contribution in [0.2, 0.25) is 0 Å². The summed E-state index contributed by atoms with van der Waals surface area (Å²) < 4.78 is 1.65. The van der Waals surface area contributed by atoms with Crippen molar-refractivity contribution in [2.75, 3.05) is 0 Å². The number of hydrogen-bond donors (Lipinski definition) is 1. The molecule has 0 aliphatic rings. The highest BCUT2D eigenvalue weighted by molar-refractivity contribution is 7.16. The van der Waals surface area contributed by atoms with E-state index in [0.29, 0.717) is 5.69 Å². The maximum atomic E-state index is 10.6. The van der Waals surface area contributed by atoms with Crippen LogP contribution in [0.3, 0.4) is 0 Å². The smallest absolute Gasteiger partial charge is 0.309 e. The second kappa shape index (κ2) is 4.81. The van der Waals surface area contributed by atoms with Crippen molar-refractivity contribution < 1.29 is 9.90 Å². The lowest BCUT2D eigenvalue weighted by atomic mass is 10.2. The molecule has 0 bridgehead atoms. The predicted octanol–water partition coefficient (Wildman–Crippen LogP) is 2.01. The average molecular weight is 273 g/mol. The van der Waals surface area contributed by atoms with Crippen molar-refractivity contribution in [3.63, 3.8) is 0 Å². The Bertz CT molecular complexity index is 686. The Morgan fingerprint density at radius 3 is 2.79 bits per heavy atom. The molecule has 5 nitrogen and oxygen atoms in total. The van der Waals surface area contributed by atoms with Gasteiger partial charge in [-0.25, -0.2) is 9.50 Å². The molecule has 0 spiro atoms. The molecule has 2 aromatic heterocycles. The van der Waals surface area contributed by atoms with Crippen LogP contribution < -0.4 is 0 Å². The van der Waals surface area contributed by atoms with E-state index in [2.05, 4.69) is 22.2 Å². The molecule has 19 heavy (non-hydrogen) atoms. The van der Waals surface area contributed by atoms with Gasteiger partial charge < -0.3 is 5.11 Å². The monoisotopic (exact) mass is 273 g/mol. The summed E-state index contributed by atoms with van der Waals surface area (Å²) in [6.07, 6.45) is 2.38. The molecule has 0 atom stereocenters. The molecule has 0 fully saturated rings. The highest BCUT2D eigenvalue weighted by Crippen LogP contribution is 2.18. The zero-order chi connectivity index (χ0) is 13.2. The molecular weight excluding hydrogens is 262 g/mol. The Kier molecular flexibility index (Phi) is 3.00. The quantitative estimate of drug-likeness (QED) is 0.789. The summed E-state index contributed by atoms with van der Waals surface area (Å²) in [5.41, 5.74) is 1.74. The van der Waals surface area contributed by atoms with Gasteiger partial charge in [0.15, 0.2) is 0 Å². The molecule has 0 unspecified atom stereocenters. The minimum Gasteiger partial charge on any atom is -0.481 e. The van der Waals surface area contributed by atoms with Crippen molar-refractivity contribution in [3.8, 4) is 0 Å². The van der Waals surface area contributed by atoms with E-state index >= 15 is 0 Å². The summed E-state index contributed by atoms with van der Waals surface area (Å²) in [5, 5.41) is 14.1. The first-order valence-electron chi connectivity index (χ1n) is 5.80. The molecule has 96 valence electrons. The van der Waals surface area contributed by atoms with Crippen molar-refractivity contribution in [1.29, 1.82) is 0 Å². The first-order valence-corrected chi connectivity index (χ1v) is 6.62. The van der Waals surface area contributed by atoms with E-state index in [-0.39, 0.29) is 6.42 Å². The molecule has 0 saturated carbocycles. The normalized spacial score (nSPS) is 10.9. The van der Waals surface area contributed by atoms with Crippen molar-refractivity contribution in [2.24, 2.45) is 0 Å². The maximum Gasteiger partial charge on any atom is 0.309 e. The summed E-state index contributed by atoms with van der Waals surface area (Å²) in [7, 11) is 0. The van der Waals surface area contributed by atoms with Gasteiger partial charge in [-0.1, -0.05) is 41.7 Å². The number of carboxylic acid groups (broad SMARTS) is 1. The number of imidazole rings is 1. The van der Waals surface area contributed by atoms with E-state index in [9.17, 15) is 4.79 Å². The van der Waals surface area contributed by atoms with Gasteiger partial charge in [0.05, 0.1) is 18.3 Å². The number of nitrogens with zero attached hydrogens (tertiary/aromatic N) is 3. The van der Waals surface area contributed by atoms with Crippen LogP contribution in [0.5, 0.6) is 0 Å². The topological polar surface area (TPSA) is 67.5 Å². The van der Waals surface area contributed by atoms with Crippen LogP contribution in [0.25, 0.3) is 4.96 Å². The van der Waals surface area contributed by atoms with Crippen LogP contribution >= 0.6 is 11.3 Å². The van der Waals surface area contributed by atoms with E-state index in [0.717, 1.165) is 16.4 Å². The summed E-state index contributed by atoms with van der Waals surface area (Å²) in [5.74, 6) is -0.879. The average Bonchev–Trinajstić information content (AvgIpc) is 2.87. The van der Waals surface area contributed by atoms with E-state index in [1.54, 1.807) is 10.7 Å². The molecule has 0 aliphatic heterocycles. The molecule has 0 aliphatic carbocycles. The molecule has 1 aromatic carbocycles. The molecular formula is C13H11N3O2S. The van der Waals surface area contributed by atoms with Crippen LogP contribution in [0.15, 0.2) is 36.5 Å². The van der Waals surface area contributed by atoms with Crippen LogP contribution in [0.1, 0.15) is 16.3 Å². The van der Waals surface area contributed by atoms with Crippen molar-refractivity contribution in [2.45, 2.75) is 12.8 Å². The van der Waals surface area contributed by atoms with Gasteiger partial charge in [-0.3, -0.25) is 4.79 Å². The maximum absolute atomic E-state index is 10.6. The minimum atomic E-state index is -0.879. The number of carbonyl (C=O) groups is 1. The number of carboxylic acids is 1. The third-order valence-electron chi connectivity index (χ3n) is 2.67. The van der Waals surface area contributed by atoms with Gasteiger partial charge in [-0.15, -0.1) is 0 Å². The minimum absolute atomic E-state index is 0.0654. The molecule has 0 saturated heterocycles. The molecule has 3 aromatic rings. The van der Waals surface area contributed by atoms with Crippen LogP contribution in [0.4, 0.5) is 0 Å². The Labute approximate surface area is 113 Å². The lowest BCUT2D eigenvalue weighted by Crippen LogP contribution is -2.00. The second-order valence-electron chi connectivity index (χ2n) is 4.19. The molecule has 1 N–H and O–H groups in total. The number of benzene rings is 1. The third-order valence-corrected chi connectivity index (χ3v) is 3.59. The van der Waals surface area contributed by atoms with Crippen LogP contribution in [-0.4, -0.2) is 25.7 Å². The second-order valence-corrected chi connectivity index (χ2v) is 5.23. The van der Waals surface area contributed by atoms with Crippen LogP contribution in [0, 0.1) is 0 Å². The lowest BCUT2D eigenvalue weighted by Gasteiger charge is -1.95. The Balaban J connectivity index is 1.83. The first-order chi connectivity index (χ1) is 9.20. The molecule has 6 heteroatoms. The number of hydrogen-bond acceptors (Lipinski definition) is 4. The number of aliphatic carboxylic acids is 1. The van der Waals surface area contributed by atoms with E-state index < -0.39 is 5.97 Å². The van der Waals surface area contributed by atoms with E-state index in [4.69, 9.17) is 5.11 Å². The summed E-state index contributed by atoms with van der Waals surface area (Å²) in [6.45, 7) is 0. The van der Waals surface area contributed by atoms with Gasteiger partial charge in [0.2, 0.25) is 4.96 Å². The van der Waals surface area contributed by atoms with Gasteiger partial charge in [0.1, 0.15) is 5.01 Å². The summed E-state index contributed by atoms with van der Waals surface area (Å²) in [4.78, 5) is 15.6. The molecule has 2 heterocycles. The molecule has 0 amide bonds. The Hall–Kier alpha value is -2.21. The van der Waals surface area contributed by atoms with Gasteiger partial charge in [0.25, 0.3) is 0 Å². The third kappa shape index (κ3) is 2.63. The van der Waals surface area contributed by atoms with Gasteiger partial charge in [0, 0.05) is 6.42 Å². The number of aromatic nitrogens is 3. The standard InChI is InChI=1S/C13H11N3O2S/c17-12(18)7-10-8-16-13(14-10)19-11(15-16)6-9-4-2-1-3-5-9/h1-5,8H,6-7H2,(H,17,18). The Morgan fingerprint density at radius 2 is 2.11 bits per heavy atom. The van der Waals surface area contributed by atoms with Gasteiger partial charge in [-0.05, 0) is 5.56 Å². The van der Waals surface area contributed by atoms with E-state index in [1.807, 2.05) is 18.2 Å². The van der Waals surface area contributed by atoms with Crippen molar-refractivity contribution in [3.05, 3.63) is 52.8 Å². The predicted molar refractivity (Wildman–Crippen MR) is 71.5 cm³/mol. The lowest BCUT2D eigenvalue weighted by molar-refractivity contribution is -0.136. The molecule has 0 radical (unpaired) electrons.